The van der Waals surface area contributed by atoms with Crippen molar-refractivity contribution in [2.45, 2.75) is 13.3 Å². The molecule has 6 nitrogen and oxygen atoms in total. The maximum Gasteiger partial charge on any atom is 0.292 e. The fourth-order valence-corrected chi connectivity index (χ4v) is 3.94. The molecule has 0 saturated heterocycles. The molecule has 0 spiro atoms. The quantitative estimate of drug-likeness (QED) is 0.567. The van der Waals surface area contributed by atoms with Gasteiger partial charge in [0.1, 0.15) is 0 Å². The summed E-state index contributed by atoms with van der Waals surface area (Å²) < 4.78 is 1.67. The normalized spacial score (nSPS) is 12.8. The summed E-state index contributed by atoms with van der Waals surface area (Å²) >= 11 is 0. The number of hydrogen-bond acceptors (Lipinski definition) is 3. The Kier molecular flexibility index (Phi) is 4.32. The largest absolute Gasteiger partial charge is 0.319 e. The van der Waals surface area contributed by atoms with Crippen LogP contribution in [0.4, 0.5) is 11.4 Å². The van der Waals surface area contributed by atoms with E-state index in [9.17, 15) is 9.59 Å². The maximum atomic E-state index is 13.4. The van der Waals surface area contributed by atoms with E-state index in [-0.39, 0.29) is 23.3 Å². The summed E-state index contributed by atoms with van der Waals surface area (Å²) in [6.07, 6.45) is 2.57. The van der Waals surface area contributed by atoms with Gasteiger partial charge in [0, 0.05) is 24.1 Å². The second kappa shape index (κ2) is 7.15. The van der Waals surface area contributed by atoms with Crippen LogP contribution in [0, 0.1) is 6.92 Å². The maximum absolute atomic E-state index is 13.4. The number of carbonyl (C=O) groups is 2. The standard InChI is InChI=1S/C24H20N4O2/c1-16-7-6-9-18(15-16)25-23(29)22-26-21(20-11-4-5-13-27(20)22)24(30)28-14-12-17-8-2-3-10-19(17)28/h2-11,13,15H,12,14H2,1H3,(H,25,29). The van der Waals surface area contributed by atoms with Gasteiger partial charge in [-0.05, 0) is 54.8 Å². The van der Waals surface area contributed by atoms with Gasteiger partial charge in [0.15, 0.2) is 5.69 Å². The molecule has 3 heterocycles. The van der Waals surface area contributed by atoms with Gasteiger partial charge in [-0.1, -0.05) is 36.4 Å². The number of aromatic nitrogens is 2. The minimum atomic E-state index is -0.359. The second-order valence-electron chi connectivity index (χ2n) is 7.40. The molecule has 0 radical (unpaired) electrons. The number of amides is 2. The molecule has 5 rings (SSSR count). The summed E-state index contributed by atoms with van der Waals surface area (Å²) in [7, 11) is 0. The predicted octanol–water partition coefficient (Wildman–Crippen LogP) is 4.10. The fraction of sp³-hybridized carbons (Fsp3) is 0.125. The summed E-state index contributed by atoms with van der Waals surface area (Å²) in [5.41, 5.74) is 4.68. The highest BCUT2D eigenvalue weighted by atomic mass is 16.2. The monoisotopic (exact) mass is 396 g/mol. The van der Waals surface area contributed by atoms with E-state index in [0.717, 1.165) is 23.2 Å². The van der Waals surface area contributed by atoms with Crippen LogP contribution >= 0.6 is 0 Å². The zero-order valence-corrected chi connectivity index (χ0v) is 16.5. The predicted molar refractivity (Wildman–Crippen MR) is 116 cm³/mol. The van der Waals surface area contributed by atoms with Gasteiger partial charge in [-0.25, -0.2) is 4.98 Å². The Balaban J connectivity index is 1.53. The average molecular weight is 396 g/mol. The molecule has 148 valence electrons. The summed E-state index contributed by atoms with van der Waals surface area (Å²) in [6.45, 7) is 2.57. The lowest BCUT2D eigenvalue weighted by Crippen LogP contribution is -2.29. The molecule has 4 aromatic rings. The Labute approximate surface area is 173 Å². The first-order valence-electron chi connectivity index (χ1n) is 9.87. The van der Waals surface area contributed by atoms with Crippen molar-refractivity contribution in [3.63, 3.8) is 0 Å². The molecule has 0 atom stereocenters. The van der Waals surface area contributed by atoms with Gasteiger partial charge >= 0.3 is 0 Å². The summed E-state index contributed by atoms with van der Waals surface area (Å²) in [6, 6.07) is 20.9. The van der Waals surface area contributed by atoms with Crippen LogP contribution < -0.4 is 10.2 Å². The smallest absolute Gasteiger partial charge is 0.292 e. The first-order valence-corrected chi connectivity index (χ1v) is 9.87. The number of fused-ring (bicyclic) bond motifs is 2. The third-order valence-corrected chi connectivity index (χ3v) is 5.36. The SMILES string of the molecule is Cc1cccc(NC(=O)c2nc(C(=O)N3CCc4ccccc43)c3ccccn23)c1. The molecule has 1 aliphatic rings. The summed E-state index contributed by atoms with van der Waals surface area (Å²) in [5.74, 6) is -0.371. The first-order chi connectivity index (χ1) is 14.6. The number of rotatable bonds is 3. The van der Waals surface area contributed by atoms with Crippen molar-refractivity contribution >= 4 is 28.7 Å². The van der Waals surface area contributed by atoms with E-state index >= 15 is 0 Å². The first kappa shape index (κ1) is 18.1. The van der Waals surface area contributed by atoms with E-state index in [1.165, 1.54) is 0 Å². The molecule has 30 heavy (non-hydrogen) atoms. The van der Waals surface area contributed by atoms with Gasteiger partial charge in [-0.3, -0.25) is 14.0 Å². The van der Waals surface area contributed by atoms with Crippen molar-refractivity contribution in [2.75, 3.05) is 16.8 Å². The molecule has 2 aromatic carbocycles. The van der Waals surface area contributed by atoms with Crippen LogP contribution in [0.15, 0.2) is 72.9 Å². The number of anilines is 2. The van der Waals surface area contributed by atoms with E-state index in [2.05, 4.69) is 10.3 Å². The topological polar surface area (TPSA) is 66.7 Å². The highest BCUT2D eigenvalue weighted by Crippen LogP contribution is 2.29. The van der Waals surface area contributed by atoms with Crippen molar-refractivity contribution in [3.05, 3.63) is 95.6 Å². The van der Waals surface area contributed by atoms with E-state index < -0.39 is 0 Å². The summed E-state index contributed by atoms with van der Waals surface area (Å²) in [5, 5.41) is 2.88. The van der Waals surface area contributed by atoms with Crippen LogP contribution in [-0.2, 0) is 6.42 Å². The number of nitrogens with one attached hydrogen (secondary N) is 1. The molecule has 2 amide bonds. The number of carbonyl (C=O) groups excluding carboxylic acids is 2. The lowest BCUT2D eigenvalue weighted by atomic mass is 10.2. The van der Waals surface area contributed by atoms with Gasteiger partial charge < -0.3 is 10.2 Å². The van der Waals surface area contributed by atoms with Crippen molar-refractivity contribution in [3.8, 4) is 0 Å². The van der Waals surface area contributed by atoms with E-state index in [1.807, 2.05) is 73.7 Å². The van der Waals surface area contributed by atoms with Gasteiger partial charge in [0.05, 0.1) is 5.52 Å². The van der Waals surface area contributed by atoms with Crippen molar-refractivity contribution < 1.29 is 9.59 Å². The van der Waals surface area contributed by atoms with Crippen LogP contribution in [0.5, 0.6) is 0 Å². The Morgan fingerprint density at radius 1 is 1.00 bits per heavy atom. The molecule has 0 fully saturated rings. The Morgan fingerprint density at radius 3 is 2.70 bits per heavy atom. The summed E-state index contributed by atoms with van der Waals surface area (Å²) in [4.78, 5) is 32.6. The highest BCUT2D eigenvalue weighted by Gasteiger charge is 2.29. The van der Waals surface area contributed by atoms with Crippen molar-refractivity contribution in [2.24, 2.45) is 0 Å². The zero-order valence-electron chi connectivity index (χ0n) is 16.5. The molecule has 2 aromatic heterocycles. The molecular formula is C24H20N4O2. The average Bonchev–Trinajstić information content (AvgIpc) is 3.35. The van der Waals surface area contributed by atoms with E-state index in [4.69, 9.17) is 0 Å². The van der Waals surface area contributed by atoms with Gasteiger partial charge in [0.2, 0.25) is 5.82 Å². The number of pyridine rings is 1. The second-order valence-corrected chi connectivity index (χ2v) is 7.40. The molecule has 0 unspecified atom stereocenters. The highest BCUT2D eigenvalue weighted by molar-refractivity contribution is 6.12. The fourth-order valence-electron chi connectivity index (χ4n) is 3.94. The van der Waals surface area contributed by atoms with Gasteiger partial charge in [-0.15, -0.1) is 0 Å². The number of nitrogens with zero attached hydrogens (tertiary/aromatic N) is 3. The zero-order chi connectivity index (χ0) is 20.7. The van der Waals surface area contributed by atoms with Crippen molar-refractivity contribution in [1.82, 2.24) is 9.38 Å². The minimum absolute atomic E-state index is 0.183. The third-order valence-electron chi connectivity index (χ3n) is 5.36. The van der Waals surface area contributed by atoms with Crippen LogP contribution in [0.1, 0.15) is 32.2 Å². The Morgan fingerprint density at radius 2 is 1.83 bits per heavy atom. The Bertz CT molecular complexity index is 1290. The van der Waals surface area contributed by atoms with E-state index in [0.29, 0.717) is 17.7 Å². The number of para-hydroxylation sites is 1. The van der Waals surface area contributed by atoms with Gasteiger partial charge in [0.25, 0.3) is 11.8 Å². The number of hydrogen-bond donors (Lipinski definition) is 1. The molecular weight excluding hydrogens is 376 g/mol. The molecule has 6 heteroatoms. The molecule has 1 N–H and O–H groups in total. The van der Waals surface area contributed by atoms with Crippen LogP contribution in [-0.4, -0.2) is 27.7 Å². The Hall–Kier alpha value is -3.93. The van der Waals surface area contributed by atoms with Crippen LogP contribution in [0.3, 0.4) is 0 Å². The number of benzene rings is 2. The van der Waals surface area contributed by atoms with Crippen LogP contribution in [0.2, 0.25) is 0 Å². The molecule has 0 bridgehead atoms. The number of aryl methyl sites for hydroxylation is 1. The van der Waals surface area contributed by atoms with E-state index in [1.54, 1.807) is 15.5 Å². The minimum Gasteiger partial charge on any atom is -0.319 e. The third kappa shape index (κ3) is 3.03. The lowest BCUT2D eigenvalue weighted by molar-refractivity contribution is 0.0986. The van der Waals surface area contributed by atoms with Gasteiger partial charge in [-0.2, -0.15) is 0 Å². The number of imidazole rings is 1. The molecule has 0 saturated carbocycles. The molecule has 0 aliphatic carbocycles. The lowest BCUT2D eigenvalue weighted by Gasteiger charge is -2.16. The van der Waals surface area contributed by atoms with Crippen LogP contribution in [0.25, 0.3) is 5.52 Å². The van der Waals surface area contributed by atoms with Crippen molar-refractivity contribution in [1.29, 1.82) is 0 Å². The molecule has 1 aliphatic heterocycles.